The Kier molecular flexibility index (Phi) is 4.50. The molecule has 2 aromatic carbocycles. The Bertz CT molecular complexity index is 1090. The highest BCUT2D eigenvalue weighted by Gasteiger charge is 2.31. The number of rotatable bonds is 4. The summed E-state index contributed by atoms with van der Waals surface area (Å²) < 4.78 is 5.26. The first-order valence-corrected chi connectivity index (χ1v) is 9.16. The Morgan fingerprint density at radius 2 is 2.11 bits per heavy atom. The number of hydrogen-bond acceptors (Lipinski definition) is 4. The molecule has 0 radical (unpaired) electrons. The van der Waals surface area contributed by atoms with Crippen LogP contribution in [0.5, 0.6) is 5.75 Å². The lowest BCUT2D eigenvalue weighted by Gasteiger charge is -2.25. The lowest BCUT2D eigenvalue weighted by molar-refractivity contribution is -0.126. The molecule has 1 aliphatic heterocycles. The number of methoxy groups -OCH3 is 1. The molecule has 2 amide bonds. The average Bonchev–Trinajstić information content (AvgIpc) is 3.12. The summed E-state index contributed by atoms with van der Waals surface area (Å²) in [6.07, 6.45) is 0.102. The summed E-state index contributed by atoms with van der Waals surface area (Å²) in [5, 5.41) is 5.72. The first-order valence-electron chi connectivity index (χ1n) is 9.16. The maximum absolute atomic E-state index is 12.8. The normalized spacial score (nSPS) is 15.8. The Balaban J connectivity index is 1.54. The zero-order chi connectivity index (χ0) is 19.8. The molecule has 0 bridgehead atoms. The zero-order valence-electron chi connectivity index (χ0n) is 16.1. The summed E-state index contributed by atoms with van der Waals surface area (Å²) >= 11 is 0. The number of nitrogens with one attached hydrogen (secondary N) is 3. The number of ether oxygens (including phenoxy) is 1. The largest absolute Gasteiger partial charge is 0.497 e. The van der Waals surface area contributed by atoms with E-state index in [0.717, 1.165) is 22.2 Å². The number of aromatic amines is 1. The molecular weight excluding hydrogens is 356 g/mol. The highest BCUT2D eigenvalue weighted by molar-refractivity contribution is 6.01. The number of hydrogen-bond donors (Lipinski definition) is 3. The Morgan fingerprint density at radius 3 is 2.89 bits per heavy atom. The van der Waals surface area contributed by atoms with E-state index < -0.39 is 5.92 Å². The van der Waals surface area contributed by atoms with Crippen molar-refractivity contribution in [2.75, 3.05) is 12.4 Å². The second kappa shape index (κ2) is 6.99. The summed E-state index contributed by atoms with van der Waals surface area (Å²) in [6, 6.07) is 9.35. The van der Waals surface area contributed by atoms with Gasteiger partial charge in [0, 0.05) is 12.1 Å². The molecule has 0 spiro atoms. The molecular formula is C21H22N4O3. The third-order valence-electron chi connectivity index (χ3n) is 5.27. The molecule has 3 aromatic rings. The number of aromatic nitrogens is 2. The third kappa shape index (κ3) is 3.19. The van der Waals surface area contributed by atoms with Gasteiger partial charge < -0.3 is 20.4 Å². The highest BCUT2D eigenvalue weighted by atomic mass is 16.5. The molecule has 4 rings (SSSR count). The van der Waals surface area contributed by atoms with Crippen molar-refractivity contribution in [1.82, 2.24) is 15.3 Å². The topological polar surface area (TPSA) is 96.1 Å². The number of amides is 2. The number of carbonyl (C=O) groups is 2. The maximum atomic E-state index is 12.8. The van der Waals surface area contributed by atoms with Crippen LogP contribution in [0.2, 0.25) is 0 Å². The van der Waals surface area contributed by atoms with Crippen molar-refractivity contribution in [1.29, 1.82) is 0 Å². The fraction of sp³-hybridized carbons (Fsp3) is 0.286. The van der Waals surface area contributed by atoms with Crippen molar-refractivity contribution in [3.8, 4) is 5.75 Å². The van der Waals surface area contributed by atoms with Gasteiger partial charge in [0.25, 0.3) is 0 Å². The number of aryl methyl sites for hydroxylation is 2. The zero-order valence-corrected chi connectivity index (χ0v) is 16.1. The quantitative estimate of drug-likeness (QED) is 0.650. The van der Waals surface area contributed by atoms with Gasteiger partial charge in [-0.05, 0) is 54.8 Å². The molecule has 2 heterocycles. The number of carbonyl (C=O) groups excluding carboxylic acids is 2. The third-order valence-corrected chi connectivity index (χ3v) is 5.27. The summed E-state index contributed by atoms with van der Waals surface area (Å²) in [5.74, 6) is 0.386. The van der Waals surface area contributed by atoms with Gasteiger partial charge in [-0.1, -0.05) is 6.07 Å². The van der Waals surface area contributed by atoms with E-state index in [2.05, 4.69) is 20.6 Å². The van der Waals surface area contributed by atoms with Crippen LogP contribution in [0.4, 0.5) is 5.69 Å². The standard InChI is InChI=1S/C21H22N4O3/c1-11-4-6-17-20(12(11)2)25-18(23-17)10-22-21(27)15-9-19(26)24-16-7-5-13(28-3)8-14(15)16/h4-8,15H,9-10H2,1-3H3,(H,22,27)(H,23,25)(H,24,26)/t15-/m1/s1. The minimum absolute atomic E-state index is 0.102. The van der Waals surface area contributed by atoms with Gasteiger partial charge in [0.1, 0.15) is 11.6 Å². The molecule has 7 heteroatoms. The molecule has 0 fully saturated rings. The van der Waals surface area contributed by atoms with Crippen molar-refractivity contribution in [3.63, 3.8) is 0 Å². The molecule has 28 heavy (non-hydrogen) atoms. The number of fused-ring (bicyclic) bond motifs is 2. The van der Waals surface area contributed by atoms with E-state index in [1.807, 2.05) is 26.0 Å². The lowest BCUT2D eigenvalue weighted by atomic mass is 9.89. The van der Waals surface area contributed by atoms with E-state index >= 15 is 0 Å². The van der Waals surface area contributed by atoms with Crippen LogP contribution in [-0.2, 0) is 16.1 Å². The fourth-order valence-electron chi connectivity index (χ4n) is 3.54. The molecule has 0 unspecified atom stereocenters. The molecule has 1 aromatic heterocycles. The Labute approximate surface area is 162 Å². The smallest absolute Gasteiger partial charge is 0.228 e. The first-order chi connectivity index (χ1) is 13.5. The molecule has 0 saturated heterocycles. The second-order valence-electron chi connectivity index (χ2n) is 7.06. The molecule has 1 atom stereocenters. The number of H-pyrrole nitrogens is 1. The van der Waals surface area contributed by atoms with Crippen LogP contribution in [-0.4, -0.2) is 28.9 Å². The summed E-state index contributed by atoms with van der Waals surface area (Å²) in [5.41, 5.74) is 5.56. The molecule has 144 valence electrons. The van der Waals surface area contributed by atoms with Crippen LogP contribution in [0.25, 0.3) is 11.0 Å². The van der Waals surface area contributed by atoms with Gasteiger partial charge in [-0.3, -0.25) is 9.59 Å². The number of benzene rings is 2. The predicted octanol–water partition coefficient (Wildman–Crippen LogP) is 2.93. The van der Waals surface area contributed by atoms with Gasteiger partial charge >= 0.3 is 0 Å². The van der Waals surface area contributed by atoms with Crippen molar-refractivity contribution < 1.29 is 14.3 Å². The monoisotopic (exact) mass is 378 g/mol. The van der Waals surface area contributed by atoms with Crippen molar-refractivity contribution in [3.05, 3.63) is 52.8 Å². The van der Waals surface area contributed by atoms with Gasteiger partial charge in [-0.15, -0.1) is 0 Å². The van der Waals surface area contributed by atoms with Crippen molar-refractivity contribution in [2.24, 2.45) is 0 Å². The predicted molar refractivity (Wildman–Crippen MR) is 106 cm³/mol. The van der Waals surface area contributed by atoms with Gasteiger partial charge in [-0.2, -0.15) is 0 Å². The molecule has 1 aliphatic rings. The number of anilines is 1. The minimum atomic E-state index is -0.563. The van der Waals surface area contributed by atoms with E-state index in [-0.39, 0.29) is 24.8 Å². The number of nitrogens with zero attached hydrogens (tertiary/aromatic N) is 1. The second-order valence-corrected chi connectivity index (χ2v) is 7.06. The van der Waals surface area contributed by atoms with Crippen LogP contribution in [0.3, 0.4) is 0 Å². The summed E-state index contributed by atoms with van der Waals surface area (Å²) in [4.78, 5) is 32.7. The van der Waals surface area contributed by atoms with Gasteiger partial charge in [-0.25, -0.2) is 4.98 Å². The van der Waals surface area contributed by atoms with Gasteiger partial charge in [0.2, 0.25) is 11.8 Å². The summed E-state index contributed by atoms with van der Waals surface area (Å²) in [6.45, 7) is 4.35. The fourth-order valence-corrected chi connectivity index (χ4v) is 3.54. The average molecular weight is 378 g/mol. The van der Waals surface area contributed by atoms with E-state index in [9.17, 15) is 9.59 Å². The van der Waals surface area contributed by atoms with Crippen molar-refractivity contribution in [2.45, 2.75) is 32.7 Å². The summed E-state index contributed by atoms with van der Waals surface area (Å²) in [7, 11) is 1.57. The highest BCUT2D eigenvalue weighted by Crippen LogP contribution is 2.35. The maximum Gasteiger partial charge on any atom is 0.228 e. The molecule has 0 saturated carbocycles. The molecule has 3 N–H and O–H groups in total. The SMILES string of the molecule is COc1ccc2c(c1)[C@H](C(=O)NCc1nc3c(C)c(C)ccc3[nH]1)CC(=O)N2. The van der Waals surface area contributed by atoms with Crippen LogP contribution < -0.4 is 15.4 Å². The van der Waals surface area contributed by atoms with Crippen molar-refractivity contribution >= 4 is 28.5 Å². The van der Waals surface area contributed by atoms with Crippen LogP contribution >= 0.6 is 0 Å². The van der Waals surface area contributed by atoms with Crippen LogP contribution in [0.15, 0.2) is 30.3 Å². The molecule has 0 aliphatic carbocycles. The molecule has 7 nitrogen and oxygen atoms in total. The van der Waals surface area contributed by atoms with Gasteiger partial charge in [0.15, 0.2) is 0 Å². The number of imidazole rings is 1. The lowest BCUT2D eigenvalue weighted by Crippen LogP contribution is -2.35. The van der Waals surface area contributed by atoms with E-state index in [1.165, 1.54) is 5.56 Å². The van der Waals surface area contributed by atoms with E-state index in [0.29, 0.717) is 17.3 Å². The van der Waals surface area contributed by atoms with Crippen LogP contribution in [0.1, 0.15) is 34.9 Å². The van der Waals surface area contributed by atoms with Gasteiger partial charge in [0.05, 0.1) is 30.6 Å². The van der Waals surface area contributed by atoms with E-state index in [4.69, 9.17) is 4.74 Å². The van der Waals surface area contributed by atoms with E-state index in [1.54, 1.807) is 25.3 Å². The Hall–Kier alpha value is -3.35. The first kappa shape index (κ1) is 18.0. The minimum Gasteiger partial charge on any atom is -0.497 e. The Morgan fingerprint density at radius 1 is 1.29 bits per heavy atom. The van der Waals surface area contributed by atoms with Crippen LogP contribution in [0, 0.1) is 13.8 Å².